The SMILES string of the molecule is Cc1ccccc1C(=O)Nc1ccc(NCCc2c[nH]c3ccccc23)cn1. The molecule has 0 fully saturated rings. The number of hydrogen-bond donors (Lipinski definition) is 3. The number of amides is 1. The van der Waals surface area contributed by atoms with Crippen molar-refractivity contribution in [3.63, 3.8) is 0 Å². The Morgan fingerprint density at radius 2 is 1.86 bits per heavy atom. The third-order valence-electron chi connectivity index (χ3n) is 4.79. The Morgan fingerprint density at radius 1 is 1.04 bits per heavy atom. The highest BCUT2D eigenvalue weighted by Crippen LogP contribution is 2.18. The molecule has 5 heteroatoms. The van der Waals surface area contributed by atoms with Gasteiger partial charge in [-0.1, -0.05) is 36.4 Å². The van der Waals surface area contributed by atoms with E-state index in [1.807, 2.05) is 49.4 Å². The summed E-state index contributed by atoms with van der Waals surface area (Å²) in [5, 5.41) is 7.48. The summed E-state index contributed by atoms with van der Waals surface area (Å²) >= 11 is 0. The highest BCUT2D eigenvalue weighted by atomic mass is 16.1. The summed E-state index contributed by atoms with van der Waals surface area (Å²) in [6.07, 6.45) is 4.72. The zero-order valence-corrected chi connectivity index (χ0v) is 15.7. The molecule has 0 bridgehead atoms. The van der Waals surface area contributed by atoms with Crippen LogP contribution in [0.2, 0.25) is 0 Å². The van der Waals surface area contributed by atoms with Crippen molar-refractivity contribution in [2.24, 2.45) is 0 Å². The molecule has 0 saturated heterocycles. The minimum Gasteiger partial charge on any atom is -0.383 e. The number of carbonyl (C=O) groups excluding carboxylic acids is 1. The second-order valence-corrected chi connectivity index (χ2v) is 6.74. The number of hydrogen-bond acceptors (Lipinski definition) is 3. The number of anilines is 2. The predicted octanol–water partition coefficient (Wildman–Crippen LogP) is 4.78. The first-order chi connectivity index (χ1) is 13.7. The fraction of sp³-hybridized carbons (Fsp3) is 0.130. The molecule has 4 rings (SSSR count). The van der Waals surface area contributed by atoms with E-state index in [1.54, 1.807) is 6.20 Å². The highest BCUT2D eigenvalue weighted by Gasteiger charge is 2.09. The Hall–Kier alpha value is -3.60. The number of aromatic amines is 1. The summed E-state index contributed by atoms with van der Waals surface area (Å²) in [7, 11) is 0. The van der Waals surface area contributed by atoms with Gasteiger partial charge in [0.15, 0.2) is 0 Å². The van der Waals surface area contributed by atoms with Crippen LogP contribution in [0.1, 0.15) is 21.5 Å². The minimum atomic E-state index is -0.148. The van der Waals surface area contributed by atoms with E-state index in [1.165, 1.54) is 10.9 Å². The first-order valence-electron chi connectivity index (χ1n) is 9.32. The number of aryl methyl sites for hydroxylation is 1. The van der Waals surface area contributed by atoms with Crippen LogP contribution in [0.25, 0.3) is 10.9 Å². The Bertz CT molecular complexity index is 1100. The number of fused-ring (bicyclic) bond motifs is 1. The van der Waals surface area contributed by atoms with E-state index < -0.39 is 0 Å². The number of aromatic nitrogens is 2. The number of nitrogens with one attached hydrogen (secondary N) is 3. The number of pyridine rings is 1. The average Bonchev–Trinajstić information content (AvgIpc) is 3.13. The summed E-state index contributed by atoms with van der Waals surface area (Å²) in [5.74, 6) is 0.390. The van der Waals surface area contributed by atoms with E-state index >= 15 is 0 Å². The topological polar surface area (TPSA) is 69.8 Å². The summed E-state index contributed by atoms with van der Waals surface area (Å²) in [6.45, 7) is 2.72. The zero-order chi connectivity index (χ0) is 19.3. The normalized spacial score (nSPS) is 10.8. The number of rotatable bonds is 6. The van der Waals surface area contributed by atoms with Crippen molar-refractivity contribution in [3.05, 3.63) is 89.7 Å². The first kappa shape index (κ1) is 17.8. The molecule has 5 nitrogen and oxygen atoms in total. The zero-order valence-electron chi connectivity index (χ0n) is 15.7. The van der Waals surface area contributed by atoms with Gasteiger partial charge in [-0.05, 0) is 48.7 Å². The van der Waals surface area contributed by atoms with Gasteiger partial charge in [-0.3, -0.25) is 4.79 Å². The lowest BCUT2D eigenvalue weighted by molar-refractivity contribution is 0.102. The van der Waals surface area contributed by atoms with Crippen LogP contribution in [-0.2, 0) is 6.42 Å². The number of benzene rings is 2. The smallest absolute Gasteiger partial charge is 0.257 e. The van der Waals surface area contributed by atoms with E-state index in [2.05, 4.69) is 45.0 Å². The van der Waals surface area contributed by atoms with Gasteiger partial charge in [-0.15, -0.1) is 0 Å². The van der Waals surface area contributed by atoms with Crippen molar-refractivity contribution in [1.29, 1.82) is 0 Å². The highest BCUT2D eigenvalue weighted by molar-refractivity contribution is 6.04. The van der Waals surface area contributed by atoms with Crippen LogP contribution in [0.15, 0.2) is 73.1 Å². The van der Waals surface area contributed by atoms with Gasteiger partial charge in [0.05, 0.1) is 11.9 Å². The lowest BCUT2D eigenvalue weighted by atomic mass is 10.1. The molecule has 3 N–H and O–H groups in total. The van der Waals surface area contributed by atoms with Gasteiger partial charge < -0.3 is 15.6 Å². The molecular formula is C23H22N4O. The van der Waals surface area contributed by atoms with E-state index in [0.29, 0.717) is 11.4 Å². The predicted molar refractivity (Wildman–Crippen MR) is 114 cm³/mol. The molecule has 0 spiro atoms. The second-order valence-electron chi connectivity index (χ2n) is 6.74. The van der Waals surface area contributed by atoms with Crippen molar-refractivity contribution in [1.82, 2.24) is 9.97 Å². The van der Waals surface area contributed by atoms with E-state index in [9.17, 15) is 4.79 Å². The van der Waals surface area contributed by atoms with Crippen LogP contribution in [0.4, 0.5) is 11.5 Å². The number of H-pyrrole nitrogens is 1. The number of nitrogens with zero attached hydrogens (tertiary/aromatic N) is 1. The molecule has 0 atom stereocenters. The standard InChI is InChI=1S/C23H22N4O/c1-16-6-2-3-7-19(16)23(28)27-22-11-10-18(15-26-22)24-13-12-17-14-25-21-9-5-4-8-20(17)21/h2-11,14-15,24-25H,12-13H2,1H3,(H,26,27,28). The molecule has 0 aliphatic rings. The van der Waals surface area contributed by atoms with Gasteiger partial charge in [-0.25, -0.2) is 4.98 Å². The molecule has 140 valence electrons. The molecule has 1 amide bonds. The Kier molecular flexibility index (Phi) is 5.06. The lowest BCUT2D eigenvalue weighted by Gasteiger charge is -2.09. The lowest BCUT2D eigenvalue weighted by Crippen LogP contribution is -2.14. The van der Waals surface area contributed by atoms with Crippen molar-refractivity contribution < 1.29 is 4.79 Å². The molecule has 2 aromatic heterocycles. The Labute approximate surface area is 163 Å². The van der Waals surface area contributed by atoms with Crippen molar-refractivity contribution in [3.8, 4) is 0 Å². The third-order valence-corrected chi connectivity index (χ3v) is 4.79. The first-order valence-corrected chi connectivity index (χ1v) is 9.32. The third kappa shape index (κ3) is 3.88. The van der Waals surface area contributed by atoms with Crippen LogP contribution in [0.5, 0.6) is 0 Å². The largest absolute Gasteiger partial charge is 0.383 e. The van der Waals surface area contributed by atoms with Crippen molar-refractivity contribution in [2.75, 3.05) is 17.2 Å². The fourth-order valence-electron chi connectivity index (χ4n) is 3.26. The molecule has 0 aliphatic carbocycles. The van der Waals surface area contributed by atoms with E-state index in [-0.39, 0.29) is 5.91 Å². The van der Waals surface area contributed by atoms with Gasteiger partial charge in [-0.2, -0.15) is 0 Å². The monoisotopic (exact) mass is 370 g/mol. The van der Waals surface area contributed by atoms with Gasteiger partial charge in [0, 0.05) is 29.2 Å². The molecule has 0 radical (unpaired) electrons. The molecule has 4 aromatic rings. The van der Waals surface area contributed by atoms with Gasteiger partial charge in [0.1, 0.15) is 5.82 Å². The van der Waals surface area contributed by atoms with Crippen LogP contribution >= 0.6 is 0 Å². The fourth-order valence-corrected chi connectivity index (χ4v) is 3.26. The minimum absolute atomic E-state index is 0.148. The Balaban J connectivity index is 1.33. The summed E-state index contributed by atoms with van der Waals surface area (Å²) in [4.78, 5) is 20.0. The van der Waals surface area contributed by atoms with Gasteiger partial charge in [0.2, 0.25) is 0 Å². The molecule has 2 heterocycles. The molecule has 28 heavy (non-hydrogen) atoms. The maximum absolute atomic E-state index is 12.4. The summed E-state index contributed by atoms with van der Waals surface area (Å²) in [5.41, 5.74) is 4.97. The van der Waals surface area contributed by atoms with Crippen LogP contribution in [0, 0.1) is 6.92 Å². The number of para-hydroxylation sites is 1. The van der Waals surface area contributed by atoms with Gasteiger partial charge in [0.25, 0.3) is 5.91 Å². The summed E-state index contributed by atoms with van der Waals surface area (Å²) < 4.78 is 0. The van der Waals surface area contributed by atoms with Crippen LogP contribution in [-0.4, -0.2) is 22.4 Å². The second kappa shape index (κ2) is 7.96. The maximum atomic E-state index is 12.4. The molecule has 0 saturated carbocycles. The molecule has 0 aliphatic heterocycles. The van der Waals surface area contributed by atoms with E-state index in [0.717, 1.165) is 29.7 Å². The van der Waals surface area contributed by atoms with Gasteiger partial charge >= 0.3 is 0 Å². The number of carbonyl (C=O) groups is 1. The van der Waals surface area contributed by atoms with E-state index in [4.69, 9.17) is 0 Å². The Morgan fingerprint density at radius 3 is 2.68 bits per heavy atom. The van der Waals surface area contributed by atoms with Crippen LogP contribution in [0.3, 0.4) is 0 Å². The molecule has 0 unspecified atom stereocenters. The molecule has 2 aromatic carbocycles. The van der Waals surface area contributed by atoms with Crippen LogP contribution < -0.4 is 10.6 Å². The summed E-state index contributed by atoms with van der Waals surface area (Å²) in [6, 6.07) is 19.5. The maximum Gasteiger partial charge on any atom is 0.257 e. The average molecular weight is 370 g/mol. The van der Waals surface area contributed by atoms with Crippen molar-refractivity contribution in [2.45, 2.75) is 13.3 Å². The quantitative estimate of drug-likeness (QED) is 0.457. The molecular weight excluding hydrogens is 348 g/mol. The van der Waals surface area contributed by atoms with Crippen molar-refractivity contribution >= 4 is 28.3 Å².